The molecule has 1 aliphatic rings. The van der Waals surface area contributed by atoms with Crippen LogP contribution in [0.25, 0.3) is 16.7 Å². The summed E-state index contributed by atoms with van der Waals surface area (Å²) >= 11 is 0. The first kappa shape index (κ1) is 15.4. The molecule has 3 heterocycles. The number of hydrogen-bond donors (Lipinski definition) is 1. The summed E-state index contributed by atoms with van der Waals surface area (Å²) in [6, 6.07) is 14.6. The third kappa shape index (κ3) is 2.95. The molecule has 3 aromatic rings. The first-order valence-electron chi connectivity index (χ1n) is 8.57. The lowest BCUT2D eigenvalue weighted by Gasteiger charge is -2.35. The van der Waals surface area contributed by atoms with E-state index in [-0.39, 0.29) is 0 Å². The van der Waals surface area contributed by atoms with Gasteiger partial charge >= 0.3 is 0 Å². The normalized spacial score (nSPS) is 18.1. The maximum atomic E-state index is 10.1. The van der Waals surface area contributed by atoms with Crippen molar-refractivity contribution >= 4 is 10.9 Å². The van der Waals surface area contributed by atoms with E-state index in [1.165, 1.54) is 16.5 Å². The molecule has 0 unspecified atom stereocenters. The smallest absolute Gasteiger partial charge is 0.137 e. The highest BCUT2D eigenvalue weighted by Crippen LogP contribution is 2.26. The first-order chi connectivity index (χ1) is 11.6. The molecule has 0 amide bonds. The second kappa shape index (κ2) is 6.04. The molecule has 0 spiro atoms. The van der Waals surface area contributed by atoms with Gasteiger partial charge in [0, 0.05) is 37.4 Å². The molecule has 1 N–H and O–H groups in total. The zero-order valence-electron chi connectivity index (χ0n) is 14.0. The Bertz CT molecular complexity index is 828. The van der Waals surface area contributed by atoms with E-state index in [1.807, 2.05) is 31.3 Å². The average Bonchev–Trinajstić information content (AvgIpc) is 3.03. The van der Waals surface area contributed by atoms with Crippen LogP contribution in [0, 0.1) is 0 Å². The molecule has 124 valence electrons. The number of nitrogens with zero attached hydrogens (tertiary/aromatic N) is 3. The lowest BCUT2D eigenvalue weighted by atomic mass is 9.93. The predicted molar refractivity (Wildman–Crippen MR) is 96.2 cm³/mol. The quantitative estimate of drug-likeness (QED) is 0.804. The third-order valence-electron chi connectivity index (χ3n) is 5.05. The third-order valence-corrected chi connectivity index (χ3v) is 5.05. The van der Waals surface area contributed by atoms with Gasteiger partial charge in [0.05, 0.1) is 11.1 Å². The van der Waals surface area contributed by atoms with Gasteiger partial charge in [-0.1, -0.05) is 18.2 Å². The van der Waals surface area contributed by atoms with Crippen molar-refractivity contribution in [3.05, 3.63) is 60.4 Å². The number of piperidine rings is 1. The second-order valence-corrected chi connectivity index (χ2v) is 7.00. The van der Waals surface area contributed by atoms with Crippen LogP contribution < -0.4 is 0 Å². The van der Waals surface area contributed by atoms with Crippen LogP contribution in [0.4, 0.5) is 0 Å². The molecule has 0 radical (unpaired) electrons. The van der Waals surface area contributed by atoms with Crippen LogP contribution in [0.3, 0.4) is 0 Å². The van der Waals surface area contributed by atoms with Crippen LogP contribution in [0.1, 0.15) is 25.3 Å². The zero-order valence-corrected chi connectivity index (χ0v) is 14.0. The van der Waals surface area contributed by atoms with E-state index in [4.69, 9.17) is 0 Å². The lowest BCUT2D eigenvalue weighted by molar-refractivity contribution is -0.00720. The van der Waals surface area contributed by atoms with Gasteiger partial charge < -0.3 is 9.67 Å². The summed E-state index contributed by atoms with van der Waals surface area (Å²) in [5.41, 5.74) is 2.03. The van der Waals surface area contributed by atoms with Crippen molar-refractivity contribution in [3.8, 4) is 5.82 Å². The monoisotopic (exact) mass is 321 g/mol. The molecule has 4 rings (SSSR count). The molecular formula is C20H23N3O. The van der Waals surface area contributed by atoms with E-state index in [0.29, 0.717) is 0 Å². The molecule has 1 aromatic carbocycles. The SMILES string of the molecule is CC1(O)CCN(Cc2cccc3c2ccn3-c2ccccn2)CC1. The Morgan fingerprint density at radius 1 is 1.08 bits per heavy atom. The van der Waals surface area contributed by atoms with Crippen LogP contribution in [0.15, 0.2) is 54.9 Å². The minimum atomic E-state index is -0.495. The van der Waals surface area contributed by atoms with E-state index in [9.17, 15) is 5.11 Å². The average molecular weight is 321 g/mol. The fourth-order valence-electron chi connectivity index (χ4n) is 3.50. The van der Waals surface area contributed by atoms with E-state index in [0.717, 1.165) is 38.3 Å². The molecule has 24 heavy (non-hydrogen) atoms. The Hall–Kier alpha value is -2.17. The molecule has 0 atom stereocenters. The van der Waals surface area contributed by atoms with Gasteiger partial charge in [0.2, 0.25) is 0 Å². The highest BCUT2D eigenvalue weighted by molar-refractivity contribution is 5.85. The molecule has 1 fully saturated rings. The number of hydrogen-bond acceptors (Lipinski definition) is 3. The molecule has 4 nitrogen and oxygen atoms in total. The number of rotatable bonds is 3. The van der Waals surface area contributed by atoms with E-state index in [1.54, 1.807) is 0 Å². The summed E-state index contributed by atoms with van der Waals surface area (Å²) in [5.74, 6) is 0.943. The van der Waals surface area contributed by atoms with Crippen molar-refractivity contribution in [2.24, 2.45) is 0 Å². The molecule has 2 aromatic heterocycles. The Labute approximate surface area is 142 Å². The summed E-state index contributed by atoms with van der Waals surface area (Å²) in [4.78, 5) is 6.89. The van der Waals surface area contributed by atoms with Crippen molar-refractivity contribution in [1.82, 2.24) is 14.5 Å². The van der Waals surface area contributed by atoms with Gasteiger partial charge in [0.15, 0.2) is 0 Å². The maximum Gasteiger partial charge on any atom is 0.137 e. The number of aromatic nitrogens is 2. The fraction of sp³-hybridized carbons (Fsp3) is 0.350. The van der Waals surface area contributed by atoms with Crippen molar-refractivity contribution in [1.29, 1.82) is 0 Å². The Kier molecular flexibility index (Phi) is 3.87. The van der Waals surface area contributed by atoms with Gasteiger partial charge in [0.1, 0.15) is 5.82 Å². The largest absolute Gasteiger partial charge is 0.390 e. The molecule has 4 heteroatoms. The molecular weight excluding hydrogens is 298 g/mol. The van der Waals surface area contributed by atoms with Crippen molar-refractivity contribution in [2.75, 3.05) is 13.1 Å². The standard InChI is InChI=1S/C20H23N3O/c1-20(24)9-13-22(14-10-20)15-16-5-4-6-18-17(16)8-12-23(18)19-7-2-3-11-21-19/h2-8,11-12,24H,9-10,13-15H2,1H3. The number of benzene rings is 1. The van der Waals surface area contributed by atoms with E-state index >= 15 is 0 Å². The van der Waals surface area contributed by atoms with Crippen molar-refractivity contribution in [3.63, 3.8) is 0 Å². The minimum Gasteiger partial charge on any atom is -0.390 e. The predicted octanol–water partition coefficient (Wildman–Crippen LogP) is 3.37. The van der Waals surface area contributed by atoms with Crippen molar-refractivity contribution in [2.45, 2.75) is 31.9 Å². The summed E-state index contributed by atoms with van der Waals surface area (Å²) < 4.78 is 2.14. The van der Waals surface area contributed by atoms with Crippen LogP contribution in [-0.4, -0.2) is 38.2 Å². The topological polar surface area (TPSA) is 41.3 Å². The Morgan fingerprint density at radius 3 is 2.67 bits per heavy atom. The minimum absolute atomic E-state index is 0.495. The maximum absolute atomic E-state index is 10.1. The van der Waals surface area contributed by atoms with Gasteiger partial charge in [-0.3, -0.25) is 4.90 Å². The summed E-state index contributed by atoms with van der Waals surface area (Å²) in [6.07, 6.45) is 5.61. The lowest BCUT2D eigenvalue weighted by Crippen LogP contribution is -2.41. The number of aliphatic hydroxyl groups is 1. The van der Waals surface area contributed by atoms with E-state index < -0.39 is 5.60 Å². The molecule has 1 aliphatic heterocycles. The summed E-state index contributed by atoms with van der Waals surface area (Å²) in [6.45, 7) is 4.77. The first-order valence-corrected chi connectivity index (χ1v) is 8.57. The highest BCUT2D eigenvalue weighted by atomic mass is 16.3. The van der Waals surface area contributed by atoms with Gasteiger partial charge in [-0.2, -0.15) is 0 Å². The van der Waals surface area contributed by atoms with Gasteiger partial charge in [0.25, 0.3) is 0 Å². The number of fused-ring (bicyclic) bond motifs is 1. The van der Waals surface area contributed by atoms with Gasteiger partial charge in [-0.05, 0) is 49.6 Å². The summed E-state index contributed by atoms with van der Waals surface area (Å²) in [7, 11) is 0. The molecule has 1 saturated heterocycles. The van der Waals surface area contributed by atoms with Crippen LogP contribution in [0.5, 0.6) is 0 Å². The van der Waals surface area contributed by atoms with E-state index in [2.05, 4.69) is 44.9 Å². The second-order valence-electron chi connectivity index (χ2n) is 7.00. The van der Waals surface area contributed by atoms with Crippen LogP contribution in [0.2, 0.25) is 0 Å². The van der Waals surface area contributed by atoms with Crippen LogP contribution >= 0.6 is 0 Å². The van der Waals surface area contributed by atoms with Crippen molar-refractivity contribution < 1.29 is 5.11 Å². The van der Waals surface area contributed by atoms with Gasteiger partial charge in [-0.15, -0.1) is 0 Å². The van der Waals surface area contributed by atoms with Gasteiger partial charge in [-0.25, -0.2) is 4.98 Å². The number of pyridine rings is 1. The zero-order chi connectivity index (χ0) is 16.6. The summed E-state index contributed by atoms with van der Waals surface area (Å²) in [5, 5.41) is 11.4. The molecule has 0 aliphatic carbocycles. The Morgan fingerprint density at radius 2 is 1.92 bits per heavy atom. The molecule has 0 saturated carbocycles. The highest BCUT2D eigenvalue weighted by Gasteiger charge is 2.27. The molecule has 0 bridgehead atoms. The number of likely N-dealkylation sites (tertiary alicyclic amines) is 1. The fourth-order valence-corrected chi connectivity index (χ4v) is 3.50. The van der Waals surface area contributed by atoms with Crippen LogP contribution in [-0.2, 0) is 6.54 Å². The Balaban J connectivity index is 1.62.